The lowest BCUT2D eigenvalue weighted by molar-refractivity contribution is -0.115. The predicted octanol–water partition coefficient (Wildman–Crippen LogP) is 6.21. The molecule has 0 aromatic heterocycles. The zero-order valence-corrected chi connectivity index (χ0v) is 17.4. The Labute approximate surface area is 169 Å². The van der Waals surface area contributed by atoms with Gasteiger partial charge in [-0.25, -0.2) is 0 Å². The summed E-state index contributed by atoms with van der Waals surface area (Å²) in [5.41, 5.74) is 5.50. The minimum absolute atomic E-state index is 0.0950. The molecule has 0 radical (unpaired) electrons. The van der Waals surface area contributed by atoms with E-state index < -0.39 is 0 Å². The molecule has 0 bridgehead atoms. The van der Waals surface area contributed by atoms with Crippen molar-refractivity contribution in [2.45, 2.75) is 70.8 Å². The summed E-state index contributed by atoms with van der Waals surface area (Å²) in [5, 5.41) is 0. The molecule has 3 atom stereocenters. The molecule has 2 heteroatoms. The molecule has 1 unspecified atom stereocenters. The Morgan fingerprint density at radius 3 is 2.68 bits per heavy atom. The summed E-state index contributed by atoms with van der Waals surface area (Å²) >= 11 is 0. The molecule has 148 valence electrons. The molecule has 0 saturated heterocycles. The Kier molecular flexibility index (Phi) is 5.31. The molecule has 1 fully saturated rings. The van der Waals surface area contributed by atoms with Gasteiger partial charge in [-0.3, -0.25) is 0 Å². The van der Waals surface area contributed by atoms with Crippen LogP contribution in [0.1, 0.15) is 74.6 Å². The van der Waals surface area contributed by atoms with Gasteiger partial charge < -0.3 is 9.53 Å². The van der Waals surface area contributed by atoms with Crippen LogP contribution in [-0.4, -0.2) is 6.29 Å². The van der Waals surface area contributed by atoms with Crippen LogP contribution in [0.4, 0.5) is 0 Å². The molecular weight excluding hydrogens is 344 g/mol. The maximum atomic E-state index is 11.7. The van der Waals surface area contributed by atoms with Gasteiger partial charge in [-0.1, -0.05) is 63.6 Å². The summed E-state index contributed by atoms with van der Waals surface area (Å²) < 4.78 is 6.36. The van der Waals surface area contributed by atoms with Gasteiger partial charge in [0.15, 0.2) is 0 Å². The van der Waals surface area contributed by atoms with Crippen LogP contribution in [0.15, 0.2) is 42.5 Å². The first kappa shape index (κ1) is 19.2. The maximum absolute atomic E-state index is 11.7. The molecule has 0 aliphatic heterocycles. The number of aryl methyl sites for hydroxylation is 1. The summed E-state index contributed by atoms with van der Waals surface area (Å²) in [4.78, 5) is 11.7. The number of carbonyl (C=O) groups excluding carboxylic acids is 1. The van der Waals surface area contributed by atoms with Crippen molar-refractivity contribution in [1.82, 2.24) is 0 Å². The highest BCUT2D eigenvalue weighted by molar-refractivity contribution is 5.57. The zero-order valence-electron chi connectivity index (χ0n) is 17.4. The number of rotatable bonds is 5. The second-order valence-electron chi connectivity index (χ2n) is 9.23. The van der Waals surface area contributed by atoms with Crippen molar-refractivity contribution in [2.75, 3.05) is 0 Å². The third kappa shape index (κ3) is 3.38. The van der Waals surface area contributed by atoms with E-state index in [4.69, 9.17) is 4.74 Å². The van der Waals surface area contributed by atoms with E-state index in [0.29, 0.717) is 18.4 Å². The molecule has 2 aliphatic rings. The van der Waals surface area contributed by atoms with Gasteiger partial charge in [-0.15, -0.1) is 0 Å². The average Bonchev–Trinajstić information content (AvgIpc) is 2.71. The first-order chi connectivity index (χ1) is 13.5. The molecular formula is C26H32O2. The summed E-state index contributed by atoms with van der Waals surface area (Å²) in [6.07, 6.45) is 6.81. The van der Waals surface area contributed by atoms with Crippen molar-refractivity contribution in [2.24, 2.45) is 11.8 Å². The minimum atomic E-state index is 0.0950. The Hall–Kier alpha value is -2.09. The monoisotopic (exact) mass is 376 g/mol. The van der Waals surface area contributed by atoms with Crippen LogP contribution in [0.3, 0.4) is 0 Å². The highest BCUT2D eigenvalue weighted by Crippen LogP contribution is 2.53. The Balaban J connectivity index is 1.72. The van der Waals surface area contributed by atoms with Gasteiger partial charge >= 0.3 is 0 Å². The Morgan fingerprint density at radius 2 is 1.96 bits per heavy atom. The van der Waals surface area contributed by atoms with Gasteiger partial charge in [-0.05, 0) is 71.3 Å². The standard InChI is InChI=1S/C26H32O2/c1-18(2)22-14-20-11-12-23-21(16-27)10-7-13-26(23,3)24(20)15-25(22)28-17-19-8-5-4-6-9-19/h4-6,8-9,14-16,18,21,23H,7,10-13,17H2,1-3H3/t21-,23?,26+/m1/s1. The summed E-state index contributed by atoms with van der Waals surface area (Å²) in [6, 6.07) is 15.1. The normalized spacial score (nSPS) is 26.4. The number of hydrogen-bond donors (Lipinski definition) is 0. The van der Waals surface area contributed by atoms with E-state index >= 15 is 0 Å². The van der Waals surface area contributed by atoms with E-state index in [-0.39, 0.29) is 11.3 Å². The number of carbonyl (C=O) groups is 1. The van der Waals surface area contributed by atoms with Gasteiger partial charge in [0, 0.05) is 5.92 Å². The molecule has 4 rings (SSSR count). The topological polar surface area (TPSA) is 26.3 Å². The number of benzene rings is 2. The maximum Gasteiger partial charge on any atom is 0.123 e. The van der Waals surface area contributed by atoms with Crippen molar-refractivity contribution in [3.05, 3.63) is 64.7 Å². The van der Waals surface area contributed by atoms with Crippen LogP contribution in [0.2, 0.25) is 0 Å². The molecule has 0 spiro atoms. The molecule has 0 heterocycles. The number of hydrogen-bond acceptors (Lipinski definition) is 2. The molecule has 0 amide bonds. The first-order valence-corrected chi connectivity index (χ1v) is 10.8. The molecule has 2 nitrogen and oxygen atoms in total. The van der Waals surface area contributed by atoms with E-state index in [1.807, 2.05) is 6.07 Å². The average molecular weight is 377 g/mol. The third-order valence-electron chi connectivity index (χ3n) is 7.18. The van der Waals surface area contributed by atoms with Gasteiger partial charge in [0.05, 0.1) is 0 Å². The molecule has 0 N–H and O–H groups in total. The van der Waals surface area contributed by atoms with E-state index in [0.717, 1.165) is 31.4 Å². The van der Waals surface area contributed by atoms with Gasteiger partial charge in [-0.2, -0.15) is 0 Å². The van der Waals surface area contributed by atoms with Gasteiger partial charge in [0.1, 0.15) is 18.6 Å². The Bertz CT molecular complexity index is 839. The smallest absolute Gasteiger partial charge is 0.123 e. The van der Waals surface area contributed by atoms with E-state index in [1.54, 1.807) is 0 Å². The van der Waals surface area contributed by atoms with Gasteiger partial charge in [0.2, 0.25) is 0 Å². The predicted molar refractivity (Wildman–Crippen MR) is 114 cm³/mol. The van der Waals surface area contributed by atoms with Crippen LogP contribution >= 0.6 is 0 Å². The lowest BCUT2D eigenvalue weighted by Gasteiger charge is -2.49. The number of aldehydes is 1. The highest BCUT2D eigenvalue weighted by atomic mass is 16.5. The number of fused-ring (bicyclic) bond motifs is 3. The molecule has 1 saturated carbocycles. The van der Waals surface area contributed by atoms with E-state index in [2.05, 4.69) is 57.2 Å². The second kappa shape index (κ2) is 7.73. The fraction of sp³-hybridized carbons (Fsp3) is 0.500. The lowest BCUT2D eigenvalue weighted by atomic mass is 9.55. The Morgan fingerprint density at radius 1 is 1.18 bits per heavy atom. The third-order valence-corrected chi connectivity index (χ3v) is 7.18. The van der Waals surface area contributed by atoms with Crippen LogP contribution in [0.5, 0.6) is 5.75 Å². The number of ether oxygens (including phenoxy) is 1. The van der Waals surface area contributed by atoms with Crippen LogP contribution in [-0.2, 0) is 23.2 Å². The SMILES string of the molecule is CC(C)c1cc2c(cc1OCc1ccccc1)[C@@]1(C)CCC[C@H](C=O)C1CC2. The van der Waals surface area contributed by atoms with Crippen molar-refractivity contribution >= 4 is 6.29 Å². The molecule has 2 aromatic carbocycles. The molecule has 2 aromatic rings. The minimum Gasteiger partial charge on any atom is -0.489 e. The van der Waals surface area contributed by atoms with Crippen molar-refractivity contribution in [3.8, 4) is 5.75 Å². The van der Waals surface area contributed by atoms with Crippen molar-refractivity contribution in [1.29, 1.82) is 0 Å². The quantitative estimate of drug-likeness (QED) is 0.580. The lowest BCUT2D eigenvalue weighted by Crippen LogP contribution is -2.44. The van der Waals surface area contributed by atoms with E-state index in [1.165, 1.54) is 35.0 Å². The second-order valence-corrected chi connectivity index (χ2v) is 9.23. The van der Waals surface area contributed by atoms with Crippen LogP contribution in [0.25, 0.3) is 0 Å². The summed E-state index contributed by atoms with van der Waals surface area (Å²) in [6.45, 7) is 7.47. The van der Waals surface area contributed by atoms with Crippen LogP contribution in [0, 0.1) is 11.8 Å². The molecule has 2 aliphatic carbocycles. The highest BCUT2D eigenvalue weighted by Gasteiger charge is 2.46. The van der Waals surface area contributed by atoms with Gasteiger partial charge in [0.25, 0.3) is 0 Å². The van der Waals surface area contributed by atoms with Crippen molar-refractivity contribution in [3.63, 3.8) is 0 Å². The fourth-order valence-corrected chi connectivity index (χ4v) is 5.60. The molecule has 28 heavy (non-hydrogen) atoms. The summed E-state index contributed by atoms with van der Waals surface area (Å²) in [7, 11) is 0. The first-order valence-electron chi connectivity index (χ1n) is 10.8. The fourth-order valence-electron chi connectivity index (χ4n) is 5.60. The largest absolute Gasteiger partial charge is 0.489 e. The van der Waals surface area contributed by atoms with E-state index in [9.17, 15) is 4.79 Å². The van der Waals surface area contributed by atoms with Crippen LogP contribution < -0.4 is 4.74 Å². The summed E-state index contributed by atoms with van der Waals surface area (Å²) in [5.74, 6) is 2.13. The zero-order chi connectivity index (χ0) is 19.7. The van der Waals surface area contributed by atoms with Crippen molar-refractivity contribution < 1.29 is 9.53 Å².